The Labute approximate surface area is 221 Å². The van der Waals surface area contributed by atoms with Crippen molar-refractivity contribution in [1.82, 2.24) is 4.90 Å². The Morgan fingerprint density at radius 2 is 1.61 bits per heavy atom. The number of rotatable bonds is 6. The molecule has 1 heterocycles. The lowest BCUT2D eigenvalue weighted by Crippen LogP contribution is -2.43. The van der Waals surface area contributed by atoms with Crippen LogP contribution in [-0.2, 0) is 6.54 Å². The third-order valence-electron chi connectivity index (χ3n) is 7.36. The normalized spacial score (nSPS) is 14.0. The number of nitrogens with zero attached hydrogens (tertiary/aromatic N) is 1. The maximum Gasteiger partial charge on any atom is 0.255 e. The largest absolute Gasteiger partial charge is 0.326 e. The zero-order chi connectivity index (χ0) is 26.8. The lowest BCUT2D eigenvalue weighted by Gasteiger charge is -2.38. The Balaban J connectivity index is 2.05. The van der Waals surface area contributed by atoms with E-state index in [1.165, 1.54) is 11.0 Å². The van der Waals surface area contributed by atoms with Crippen LogP contribution in [0.15, 0.2) is 30.3 Å². The van der Waals surface area contributed by atoms with Crippen LogP contribution >= 0.6 is 15.9 Å². The summed E-state index contributed by atoms with van der Waals surface area (Å²) < 4.78 is 43.9. The van der Waals surface area contributed by atoms with Crippen molar-refractivity contribution >= 4 is 29.9 Å². The molecular weight excluding hydrogens is 543 g/mol. The minimum absolute atomic E-state index is 0.00779. The lowest BCUT2D eigenvalue weighted by atomic mass is 10.0. The van der Waals surface area contributed by atoms with Crippen LogP contribution in [-0.4, -0.2) is 18.9 Å². The molecule has 0 fully saturated rings. The minimum atomic E-state index is -2.05. The maximum absolute atomic E-state index is 15.2. The molecule has 0 bridgehead atoms. The Morgan fingerprint density at radius 1 is 0.972 bits per heavy atom. The Kier molecular flexibility index (Phi) is 8.80. The van der Waals surface area contributed by atoms with Crippen LogP contribution in [0.4, 0.5) is 13.2 Å². The molecule has 2 aromatic carbocycles. The van der Waals surface area contributed by atoms with E-state index in [9.17, 15) is 13.6 Å². The Morgan fingerprint density at radius 3 is 2.19 bits per heavy atom. The summed E-state index contributed by atoms with van der Waals surface area (Å²) >= 11 is 3.02. The highest BCUT2D eigenvalue weighted by Crippen LogP contribution is 2.41. The molecule has 1 unspecified atom stereocenters. The molecule has 1 aliphatic rings. The standard InChI is InChI=1S/C29H31BrF3NOSi/c1-18(2)36(19(3)4,20(5)6)13-11-21-14-23-25(27(33)15-21)17-34(29(23)35)28(8-7-12-30)24-16-22(31)9-10-26(24)32/h9-10,14-16,18-20,28H,8,17H2,1-6H3. The highest BCUT2D eigenvalue weighted by Gasteiger charge is 2.42. The van der Waals surface area contributed by atoms with Crippen LogP contribution in [0.3, 0.4) is 0 Å². The predicted molar refractivity (Wildman–Crippen MR) is 145 cm³/mol. The number of halogens is 4. The van der Waals surface area contributed by atoms with E-state index < -0.39 is 37.5 Å². The first-order valence-electron chi connectivity index (χ1n) is 12.1. The summed E-state index contributed by atoms with van der Waals surface area (Å²) in [5, 5.41) is 0. The number of carbonyl (C=O) groups is 1. The van der Waals surface area contributed by atoms with Gasteiger partial charge in [0.25, 0.3) is 5.91 Å². The minimum Gasteiger partial charge on any atom is -0.326 e. The highest BCUT2D eigenvalue weighted by atomic mass is 79.9. The molecule has 0 aliphatic carbocycles. The smallest absolute Gasteiger partial charge is 0.255 e. The molecule has 1 aliphatic heterocycles. The molecule has 0 aromatic heterocycles. The van der Waals surface area contributed by atoms with Gasteiger partial charge in [0.05, 0.1) is 12.6 Å². The van der Waals surface area contributed by atoms with Gasteiger partial charge in [-0.3, -0.25) is 4.79 Å². The molecule has 0 spiro atoms. The maximum atomic E-state index is 15.2. The summed E-state index contributed by atoms with van der Waals surface area (Å²) in [6.45, 7) is 13.2. The molecule has 0 radical (unpaired) electrons. The van der Waals surface area contributed by atoms with Crippen LogP contribution in [0.1, 0.15) is 81.1 Å². The van der Waals surface area contributed by atoms with Crippen molar-refractivity contribution in [2.75, 3.05) is 0 Å². The van der Waals surface area contributed by atoms with Crippen molar-refractivity contribution in [3.63, 3.8) is 0 Å². The summed E-state index contributed by atoms with van der Waals surface area (Å²) in [5.41, 5.74) is 5.72. The van der Waals surface area contributed by atoms with Gasteiger partial charge in [-0.25, -0.2) is 13.2 Å². The fourth-order valence-corrected chi connectivity index (χ4v) is 11.0. The fourth-order valence-electron chi connectivity index (χ4n) is 5.62. The van der Waals surface area contributed by atoms with E-state index in [2.05, 4.69) is 79.7 Å². The number of hydrogen-bond acceptors (Lipinski definition) is 1. The van der Waals surface area contributed by atoms with E-state index in [1.54, 1.807) is 6.07 Å². The third kappa shape index (κ3) is 5.29. The van der Waals surface area contributed by atoms with Gasteiger partial charge in [0.1, 0.15) is 25.5 Å². The molecule has 3 rings (SSSR count). The van der Waals surface area contributed by atoms with Crippen LogP contribution in [0, 0.1) is 39.7 Å². The van der Waals surface area contributed by atoms with E-state index in [-0.39, 0.29) is 29.7 Å². The quantitative estimate of drug-likeness (QED) is 0.252. The summed E-state index contributed by atoms with van der Waals surface area (Å²) in [6.07, 6.45) is 0.0604. The number of amides is 1. The monoisotopic (exact) mass is 573 g/mol. The first kappa shape index (κ1) is 28.1. The summed E-state index contributed by atoms with van der Waals surface area (Å²) in [5.74, 6) is 3.76. The Bertz CT molecular complexity index is 1260. The molecule has 1 amide bonds. The highest BCUT2D eigenvalue weighted by molar-refractivity contribution is 9.12. The van der Waals surface area contributed by atoms with E-state index >= 15 is 4.39 Å². The van der Waals surface area contributed by atoms with E-state index in [1.807, 2.05) is 0 Å². The van der Waals surface area contributed by atoms with Crippen molar-refractivity contribution in [1.29, 1.82) is 0 Å². The number of carbonyl (C=O) groups excluding carboxylic acids is 1. The molecule has 0 saturated heterocycles. The van der Waals surface area contributed by atoms with Gasteiger partial charge in [-0.1, -0.05) is 53.4 Å². The zero-order valence-corrected chi connectivity index (χ0v) is 24.1. The third-order valence-corrected chi connectivity index (χ3v) is 13.9. The zero-order valence-electron chi connectivity index (χ0n) is 21.5. The van der Waals surface area contributed by atoms with Gasteiger partial charge in [0.2, 0.25) is 0 Å². The molecule has 190 valence electrons. The van der Waals surface area contributed by atoms with Gasteiger partial charge in [-0.05, 0) is 51.8 Å². The van der Waals surface area contributed by atoms with Gasteiger partial charge >= 0.3 is 0 Å². The average molecular weight is 575 g/mol. The van der Waals surface area contributed by atoms with Gasteiger partial charge in [-0.2, -0.15) is 0 Å². The van der Waals surface area contributed by atoms with Crippen molar-refractivity contribution in [2.24, 2.45) is 0 Å². The molecule has 7 heteroatoms. The SMILES string of the molecule is CC(C)[Si](C#Cc1cc(F)c2c(c1)C(=O)N(C(CC#CBr)c1cc(F)ccc1F)C2)(C(C)C)C(C)C. The molecular formula is C29H31BrF3NOSi. The lowest BCUT2D eigenvalue weighted by molar-refractivity contribution is 0.0700. The van der Waals surface area contributed by atoms with Gasteiger partial charge in [-0.15, -0.1) is 5.54 Å². The number of benzene rings is 2. The van der Waals surface area contributed by atoms with E-state index in [0.717, 1.165) is 18.2 Å². The molecule has 36 heavy (non-hydrogen) atoms. The Hall–Kier alpha value is -2.48. The first-order valence-corrected chi connectivity index (χ1v) is 15.2. The predicted octanol–water partition coefficient (Wildman–Crippen LogP) is 8.12. The van der Waals surface area contributed by atoms with Crippen LogP contribution in [0.2, 0.25) is 16.6 Å². The molecule has 2 nitrogen and oxygen atoms in total. The second-order valence-corrected chi connectivity index (χ2v) is 16.2. The number of hydrogen-bond donors (Lipinski definition) is 0. The van der Waals surface area contributed by atoms with Gasteiger partial charge < -0.3 is 4.90 Å². The van der Waals surface area contributed by atoms with Crippen molar-refractivity contribution in [2.45, 2.75) is 77.2 Å². The number of fused-ring (bicyclic) bond motifs is 1. The van der Waals surface area contributed by atoms with Crippen LogP contribution in [0.25, 0.3) is 0 Å². The van der Waals surface area contributed by atoms with Gasteiger partial charge in [0.15, 0.2) is 0 Å². The molecule has 0 N–H and O–H groups in total. The fraction of sp³-hybridized carbons (Fsp3) is 0.414. The average Bonchev–Trinajstić information content (AvgIpc) is 3.13. The first-order chi connectivity index (χ1) is 16.9. The summed E-state index contributed by atoms with van der Waals surface area (Å²) in [7, 11) is -2.05. The summed E-state index contributed by atoms with van der Waals surface area (Å²) in [4.78, 5) is 17.4. The topological polar surface area (TPSA) is 20.3 Å². The van der Waals surface area contributed by atoms with E-state index in [4.69, 9.17) is 0 Å². The van der Waals surface area contributed by atoms with Crippen molar-refractivity contribution in [3.8, 4) is 22.2 Å². The molecule has 0 saturated carbocycles. The second kappa shape index (κ2) is 11.3. The van der Waals surface area contributed by atoms with Crippen molar-refractivity contribution < 1.29 is 18.0 Å². The second-order valence-electron chi connectivity index (χ2n) is 10.2. The van der Waals surface area contributed by atoms with E-state index in [0.29, 0.717) is 22.2 Å². The van der Waals surface area contributed by atoms with Gasteiger partial charge in [0, 0.05) is 44.6 Å². The molecule has 1 atom stereocenters. The summed E-state index contributed by atoms with van der Waals surface area (Å²) in [6, 6.07) is 5.24. The van der Waals surface area contributed by atoms with Crippen LogP contribution < -0.4 is 0 Å². The van der Waals surface area contributed by atoms with Crippen molar-refractivity contribution in [3.05, 3.63) is 70.0 Å². The van der Waals surface area contributed by atoms with Crippen LogP contribution in [0.5, 0.6) is 0 Å². The molecule has 2 aromatic rings.